The fourth-order valence-electron chi connectivity index (χ4n) is 3.85. The van der Waals surface area contributed by atoms with Crippen molar-refractivity contribution in [2.45, 2.75) is 58.4 Å². The van der Waals surface area contributed by atoms with Gasteiger partial charge in [-0.25, -0.2) is 4.68 Å². The van der Waals surface area contributed by atoms with Crippen LogP contribution in [-0.4, -0.2) is 64.3 Å². The van der Waals surface area contributed by atoms with Crippen LogP contribution in [0, 0.1) is 5.92 Å². The Morgan fingerprint density at radius 2 is 1.61 bits per heavy atom. The maximum Gasteiger partial charge on any atom is 0.251 e. The van der Waals surface area contributed by atoms with Gasteiger partial charge in [0.25, 0.3) is 11.8 Å². The van der Waals surface area contributed by atoms with Crippen molar-refractivity contribution < 1.29 is 14.4 Å². The highest BCUT2D eigenvalue weighted by atomic mass is 16.2. The summed E-state index contributed by atoms with van der Waals surface area (Å²) in [5.41, 5.74) is 2.65. The van der Waals surface area contributed by atoms with Crippen molar-refractivity contribution in [3.63, 3.8) is 0 Å². The van der Waals surface area contributed by atoms with Crippen LogP contribution >= 0.6 is 0 Å². The fraction of sp³-hybridized carbons (Fsp3) is 0.407. The molecule has 1 heterocycles. The Morgan fingerprint density at radius 3 is 2.21 bits per heavy atom. The van der Waals surface area contributed by atoms with E-state index in [-0.39, 0.29) is 12.5 Å². The molecule has 2 aromatic carbocycles. The second-order valence-electron chi connectivity index (χ2n) is 9.58. The summed E-state index contributed by atoms with van der Waals surface area (Å²) in [6.45, 7) is 6.01. The molecule has 0 spiro atoms. The lowest BCUT2D eigenvalue weighted by Crippen LogP contribution is -2.54. The van der Waals surface area contributed by atoms with Crippen LogP contribution in [0.1, 0.15) is 66.3 Å². The predicted octanol–water partition coefficient (Wildman–Crippen LogP) is 2.19. The lowest BCUT2D eigenvalue weighted by atomic mass is 9.88. The third-order valence-electron chi connectivity index (χ3n) is 5.92. The van der Waals surface area contributed by atoms with Crippen molar-refractivity contribution in [3.8, 4) is 5.69 Å². The van der Waals surface area contributed by atoms with E-state index in [9.17, 15) is 14.4 Å². The van der Waals surface area contributed by atoms with E-state index in [2.05, 4.69) is 38.4 Å². The molecule has 11 heteroatoms. The molecule has 198 valence electrons. The molecule has 0 bridgehead atoms. The first-order chi connectivity index (χ1) is 18.3. The van der Waals surface area contributed by atoms with E-state index in [1.807, 2.05) is 26.0 Å². The molecule has 3 aromatic rings. The number of aryl methyl sites for hydroxylation is 1. The third kappa shape index (κ3) is 8.53. The molecule has 38 heavy (non-hydrogen) atoms. The van der Waals surface area contributed by atoms with Gasteiger partial charge >= 0.3 is 0 Å². The number of rotatable bonds is 13. The van der Waals surface area contributed by atoms with Crippen molar-refractivity contribution in [2.75, 3.05) is 6.54 Å². The van der Waals surface area contributed by atoms with Gasteiger partial charge in [-0.15, -0.1) is 5.10 Å². The number of benzene rings is 2. The Labute approximate surface area is 224 Å². The van der Waals surface area contributed by atoms with Gasteiger partial charge in [0, 0.05) is 17.7 Å². The largest absolute Gasteiger partial charge is 0.360 e. The number of carbonyl (C=O) groups is 3. The van der Waals surface area contributed by atoms with E-state index in [0.29, 0.717) is 23.2 Å². The molecule has 0 saturated heterocycles. The normalized spacial score (nSPS) is 12.5. The predicted molar refractivity (Wildman–Crippen MR) is 145 cm³/mol. The van der Waals surface area contributed by atoms with Crippen LogP contribution in [0.5, 0.6) is 0 Å². The Hall–Kier alpha value is -4.02. The van der Waals surface area contributed by atoms with E-state index in [1.54, 1.807) is 36.4 Å². The van der Waals surface area contributed by atoms with Gasteiger partial charge in [0.1, 0.15) is 12.4 Å². The standard InChI is InChI=1S/C27H34BN7O3/c1-4-5-6-19-7-9-21(10-8-19)26(37)31-23(27(38)32-24(28)15-18(2)3)16-29-25(36)20-11-13-22(14-12-20)35-17-30-33-34-35/h7-14,17-18,23-24H,4-6,15-16H2,1-3H3,(H,29,36)(H,31,37)(H,32,38)/t23-,24-/m0/s1. The minimum Gasteiger partial charge on any atom is -0.360 e. The van der Waals surface area contributed by atoms with Crippen LogP contribution in [0.2, 0.25) is 0 Å². The number of aromatic nitrogens is 4. The highest BCUT2D eigenvalue weighted by Gasteiger charge is 2.24. The Kier molecular flexibility index (Phi) is 10.6. The number of nitrogens with zero attached hydrogens (tertiary/aromatic N) is 4. The Morgan fingerprint density at radius 1 is 0.947 bits per heavy atom. The second-order valence-corrected chi connectivity index (χ2v) is 9.58. The molecular weight excluding hydrogens is 481 g/mol. The molecular formula is C27H34BN7O3. The zero-order valence-corrected chi connectivity index (χ0v) is 22.1. The average Bonchev–Trinajstić information content (AvgIpc) is 3.44. The van der Waals surface area contributed by atoms with Crippen LogP contribution < -0.4 is 16.0 Å². The molecule has 0 unspecified atom stereocenters. The van der Waals surface area contributed by atoms with Gasteiger partial charge in [0.15, 0.2) is 0 Å². The molecule has 3 rings (SSSR count). The van der Waals surface area contributed by atoms with Crippen LogP contribution in [0.4, 0.5) is 0 Å². The van der Waals surface area contributed by atoms with E-state index >= 15 is 0 Å². The highest BCUT2D eigenvalue weighted by molar-refractivity contribution is 6.13. The smallest absolute Gasteiger partial charge is 0.251 e. The molecule has 0 saturated carbocycles. The second kappa shape index (κ2) is 14.1. The maximum atomic E-state index is 13.0. The molecule has 0 aliphatic heterocycles. The van der Waals surface area contributed by atoms with E-state index in [4.69, 9.17) is 7.85 Å². The number of unbranched alkanes of at least 4 members (excludes halogenated alkanes) is 1. The number of hydrogen-bond donors (Lipinski definition) is 3. The molecule has 0 fully saturated rings. The summed E-state index contributed by atoms with van der Waals surface area (Å²) < 4.78 is 1.47. The molecule has 3 amide bonds. The molecule has 10 nitrogen and oxygen atoms in total. The van der Waals surface area contributed by atoms with Gasteiger partial charge in [0.05, 0.1) is 13.5 Å². The summed E-state index contributed by atoms with van der Waals surface area (Å²) in [7, 11) is 6.07. The van der Waals surface area contributed by atoms with Gasteiger partial charge in [0.2, 0.25) is 5.91 Å². The van der Waals surface area contributed by atoms with Gasteiger partial charge in [-0.3, -0.25) is 14.4 Å². The number of tetrazole rings is 1. The minimum atomic E-state index is -1.02. The quantitative estimate of drug-likeness (QED) is 0.299. The Bertz CT molecular complexity index is 1180. The van der Waals surface area contributed by atoms with Crippen molar-refractivity contribution in [1.82, 2.24) is 36.2 Å². The van der Waals surface area contributed by atoms with Crippen molar-refractivity contribution in [1.29, 1.82) is 0 Å². The zero-order valence-electron chi connectivity index (χ0n) is 22.1. The fourth-order valence-corrected chi connectivity index (χ4v) is 3.85. The third-order valence-corrected chi connectivity index (χ3v) is 5.92. The van der Waals surface area contributed by atoms with Gasteiger partial charge < -0.3 is 16.0 Å². The lowest BCUT2D eigenvalue weighted by molar-refractivity contribution is -0.123. The molecule has 0 aliphatic rings. The number of nitrogens with one attached hydrogen (secondary N) is 3. The summed E-state index contributed by atoms with van der Waals surface area (Å²) in [5.74, 6) is -1.58. The molecule has 2 atom stereocenters. The van der Waals surface area contributed by atoms with Gasteiger partial charge in [-0.05, 0) is 83.5 Å². The number of carbonyl (C=O) groups excluding carboxylic acids is 3. The topological polar surface area (TPSA) is 131 Å². The van der Waals surface area contributed by atoms with E-state index in [0.717, 1.165) is 24.8 Å². The average molecular weight is 515 g/mol. The van der Waals surface area contributed by atoms with Crippen molar-refractivity contribution in [3.05, 3.63) is 71.5 Å². The van der Waals surface area contributed by atoms with Crippen LogP contribution in [0.15, 0.2) is 54.9 Å². The SMILES string of the molecule is [B][C@H](CC(C)C)NC(=O)[C@H](CNC(=O)c1ccc(-n2cnnn2)cc1)NC(=O)c1ccc(CCCC)cc1. The number of amides is 3. The van der Waals surface area contributed by atoms with Crippen LogP contribution in [0.3, 0.4) is 0 Å². The highest BCUT2D eigenvalue weighted by Crippen LogP contribution is 2.10. The van der Waals surface area contributed by atoms with E-state index in [1.165, 1.54) is 11.0 Å². The summed E-state index contributed by atoms with van der Waals surface area (Å²) in [4.78, 5) is 38.8. The monoisotopic (exact) mass is 515 g/mol. The summed E-state index contributed by atoms with van der Waals surface area (Å²) in [5, 5.41) is 19.2. The van der Waals surface area contributed by atoms with Crippen molar-refractivity contribution >= 4 is 25.6 Å². The molecule has 3 N–H and O–H groups in total. The summed E-state index contributed by atoms with van der Waals surface area (Å²) >= 11 is 0. The van der Waals surface area contributed by atoms with Crippen molar-refractivity contribution in [2.24, 2.45) is 5.92 Å². The van der Waals surface area contributed by atoms with Gasteiger partial charge in [-0.1, -0.05) is 39.3 Å². The van der Waals surface area contributed by atoms with Crippen LogP contribution in [-0.2, 0) is 11.2 Å². The minimum absolute atomic E-state index is 0.117. The first-order valence-corrected chi connectivity index (χ1v) is 12.8. The van der Waals surface area contributed by atoms with Crippen LogP contribution in [0.25, 0.3) is 5.69 Å². The molecule has 0 aliphatic carbocycles. The van der Waals surface area contributed by atoms with E-state index < -0.39 is 29.7 Å². The maximum absolute atomic E-state index is 13.0. The summed E-state index contributed by atoms with van der Waals surface area (Å²) in [6.07, 6.45) is 5.13. The Balaban J connectivity index is 1.67. The molecule has 1 aromatic heterocycles. The summed E-state index contributed by atoms with van der Waals surface area (Å²) in [6, 6.07) is 12.9. The lowest BCUT2D eigenvalue weighted by Gasteiger charge is -2.23. The first kappa shape index (κ1) is 28.6. The number of hydrogen-bond acceptors (Lipinski definition) is 6. The zero-order chi connectivity index (χ0) is 27.5. The first-order valence-electron chi connectivity index (χ1n) is 12.8. The van der Waals surface area contributed by atoms with Gasteiger partial charge in [-0.2, -0.15) is 0 Å². The molecule has 2 radical (unpaired) electrons.